The molecule has 15 heavy (non-hydrogen) atoms. The molecule has 1 heteroatoms. The van der Waals surface area contributed by atoms with Crippen LogP contribution in [0, 0.1) is 0 Å². The standard InChI is InChI=1S/C14H31N/c1-6-9-11-14(5,12-10-7-2)15-13(4)8-3/h13,15H,6-12H2,1-5H3. The van der Waals surface area contributed by atoms with Gasteiger partial charge >= 0.3 is 0 Å². The van der Waals surface area contributed by atoms with Gasteiger partial charge in [0.25, 0.3) is 0 Å². The summed E-state index contributed by atoms with van der Waals surface area (Å²) in [4.78, 5) is 0. The Kier molecular flexibility index (Phi) is 8.13. The van der Waals surface area contributed by atoms with Crippen LogP contribution in [0.15, 0.2) is 0 Å². The largest absolute Gasteiger partial charge is 0.309 e. The van der Waals surface area contributed by atoms with Crippen LogP contribution in [0.4, 0.5) is 0 Å². The lowest BCUT2D eigenvalue weighted by Gasteiger charge is -2.34. The molecule has 0 fully saturated rings. The fourth-order valence-electron chi connectivity index (χ4n) is 2.10. The van der Waals surface area contributed by atoms with Gasteiger partial charge in [0.15, 0.2) is 0 Å². The van der Waals surface area contributed by atoms with Crippen LogP contribution in [0.5, 0.6) is 0 Å². The van der Waals surface area contributed by atoms with Crippen molar-refractivity contribution in [1.82, 2.24) is 5.32 Å². The van der Waals surface area contributed by atoms with E-state index in [0.29, 0.717) is 11.6 Å². The first-order valence-corrected chi connectivity index (χ1v) is 6.85. The normalized spacial score (nSPS) is 14.2. The van der Waals surface area contributed by atoms with Crippen molar-refractivity contribution in [2.75, 3.05) is 0 Å². The quantitative estimate of drug-likeness (QED) is 0.594. The van der Waals surface area contributed by atoms with Crippen LogP contribution in [0.25, 0.3) is 0 Å². The van der Waals surface area contributed by atoms with Gasteiger partial charge in [-0.25, -0.2) is 0 Å². The first-order valence-electron chi connectivity index (χ1n) is 6.85. The Labute approximate surface area is 97.0 Å². The molecule has 0 saturated carbocycles. The van der Waals surface area contributed by atoms with Gasteiger partial charge in [0, 0.05) is 11.6 Å². The van der Waals surface area contributed by atoms with Gasteiger partial charge in [-0.05, 0) is 33.1 Å². The molecular weight excluding hydrogens is 182 g/mol. The van der Waals surface area contributed by atoms with Gasteiger partial charge in [0.2, 0.25) is 0 Å². The molecule has 0 amide bonds. The summed E-state index contributed by atoms with van der Waals surface area (Å²) in [5, 5.41) is 3.81. The number of hydrogen-bond donors (Lipinski definition) is 1. The van der Waals surface area contributed by atoms with E-state index in [1.54, 1.807) is 0 Å². The minimum absolute atomic E-state index is 0.376. The van der Waals surface area contributed by atoms with E-state index in [9.17, 15) is 0 Å². The van der Waals surface area contributed by atoms with Gasteiger partial charge in [0.1, 0.15) is 0 Å². The Morgan fingerprint density at radius 2 is 1.47 bits per heavy atom. The highest BCUT2D eigenvalue weighted by Gasteiger charge is 2.23. The zero-order valence-corrected chi connectivity index (χ0v) is 11.5. The maximum absolute atomic E-state index is 3.81. The van der Waals surface area contributed by atoms with E-state index < -0.39 is 0 Å². The Morgan fingerprint density at radius 3 is 1.80 bits per heavy atom. The van der Waals surface area contributed by atoms with E-state index in [2.05, 4.69) is 39.9 Å². The van der Waals surface area contributed by atoms with Crippen LogP contribution < -0.4 is 5.32 Å². The topological polar surface area (TPSA) is 12.0 Å². The molecule has 1 nitrogen and oxygen atoms in total. The smallest absolute Gasteiger partial charge is 0.0155 e. The summed E-state index contributed by atoms with van der Waals surface area (Å²) < 4.78 is 0. The Balaban J connectivity index is 4.12. The second kappa shape index (κ2) is 8.15. The average molecular weight is 213 g/mol. The monoisotopic (exact) mass is 213 g/mol. The van der Waals surface area contributed by atoms with Crippen LogP contribution in [-0.4, -0.2) is 11.6 Å². The third kappa shape index (κ3) is 6.94. The van der Waals surface area contributed by atoms with Gasteiger partial charge in [-0.1, -0.05) is 46.5 Å². The summed E-state index contributed by atoms with van der Waals surface area (Å²) in [6, 6.07) is 0.656. The molecule has 0 aliphatic carbocycles. The SMILES string of the molecule is CCCCC(C)(CCCC)NC(C)CC. The van der Waals surface area contributed by atoms with Gasteiger partial charge in [-0.15, -0.1) is 0 Å². The summed E-state index contributed by atoms with van der Waals surface area (Å²) in [7, 11) is 0. The molecule has 0 heterocycles. The van der Waals surface area contributed by atoms with E-state index >= 15 is 0 Å². The molecule has 0 aliphatic rings. The van der Waals surface area contributed by atoms with Crippen LogP contribution >= 0.6 is 0 Å². The second-order valence-corrected chi connectivity index (χ2v) is 5.22. The van der Waals surface area contributed by atoms with Crippen LogP contribution in [-0.2, 0) is 0 Å². The van der Waals surface area contributed by atoms with E-state index in [1.807, 2.05) is 0 Å². The molecule has 0 radical (unpaired) electrons. The highest BCUT2D eigenvalue weighted by Crippen LogP contribution is 2.22. The zero-order valence-electron chi connectivity index (χ0n) is 11.5. The fourth-order valence-corrected chi connectivity index (χ4v) is 2.10. The first kappa shape index (κ1) is 15.0. The average Bonchev–Trinajstić information content (AvgIpc) is 2.23. The van der Waals surface area contributed by atoms with Gasteiger partial charge in [-0.2, -0.15) is 0 Å². The van der Waals surface area contributed by atoms with E-state index in [-0.39, 0.29) is 0 Å². The van der Waals surface area contributed by atoms with Crippen molar-refractivity contribution in [3.8, 4) is 0 Å². The van der Waals surface area contributed by atoms with Crippen LogP contribution in [0.2, 0.25) is 0 Å². The number of nitrogens with one attached hydrogen (secondary N) is 1. The lowest BCUT2D eigenvalue weighted by atomic mass is 9.88. The van der Waals surface area contributed by atoms with Crippen molar-refractivity contribution in [3.05, 3.63) is 0 Å². The Hall–Kier alpha value is -0.0400. The fraction of sp³-hybridized carbons (Fsp3) is 1.00. The predicted molar refractivity (Wildman–Crippen MR) is 70.3 cm³/mol. The summed E-state index contributed by atoms with van der Waals surface area (Å²) in [5.41, 5.74) is 0.376. The molecule has 0 spiro atoms. The third-order valence-corrected chi connectivity index (χ3v) is 3.37. The maximum Gasteiger partial charge on any atom is 0.0155 e. The van der Waals surface area contributed by atoms with E-state index in [1.165, 1.54) is 44.9 Å². The van der Waals surface area contributed by atoms with E-state index in [0.717, 1.165) is 0 Å². The lowest BCUT2D eigenvalue weighted by molar-refractivity contribution is 0.262. The van der Waals surface area contributed by atoms with Crippen LogP contribution in [0.3, 0.4) is 0 Å². The first-order chi connectivity index (χ1) is 7.08. The molecule has 0 aromatic carbocycles. The summed E-state index contributed by atoms with van der Waals surface area (Å²) >= 11 is 0. The molecule has 0 aliphatic heterocycles. The van der Waals surface area contributed by atoms with Gasteiger partial charge in [-0.3, -0.25) is 0 Å². The van der Waals surface area contributed by atoms with Gasteiger partial charge < -0.3 is 5.32 Å². The molecule has 1 N–H and O–H groups in total. The molecule has 1 atom stereocenters. The summed E-state index contributed by atoms with van der Waals surface area (Å²) in [5.74, 6) is 0. The third-order valence-electron chi connectivity index (χ3n) is 3.37. The molecule has 92 valence electrons. The van der Waals surface area contributed by atoms with Crippen molar-refractivity contribution in [1.29, 1.82) is 0 Å². The number of hydrogen-bond acceptors (Lipinski definition) is 1. The van der Waals surface area contributed by atoms with Gasteiger partial charge in [0.05, 0.1) is 0 Å². The van der Waals surface area contributed by atoms with Crippen molar-refractivity contribution in [3.63, 3.8) is 0 Å². The summed E-state index contributed by atoms with van der Waals surface area (Å²) in [6.07, 6.45) is 9.20. The van der Waals surface area contributed by atoms with E-state index in [4.69, 9.17) is 0 Å². The van der Waals surface area contributed by atoms with Crippen molar-refractivity contribution in [2.24, 2.45) is 0 Å². The highest BCUT2D eigenvalue weighted by molar-refractivity contribution is 4.84. The van der Waals surface area contributed by atoms with Crippen molar-refractivity contribution in [2.45, 2.75) is 91.1 Å². The number of unbranched alkanes of at least 4 members (excludes halogenated alkanes) is 2. The molecule has 1 unspecified atom stereocenters. The molecule has 0 aromatic rings. The summed E-state index contributed by atoms with van der Waals surface area (Å²) in [6.45, 7) is 11.5. The highest BCUT2D eigenvalue weighted by atomic mass is 15.0. The second-order valence-electron chi connectivity index (χ2n) is 5.22. The Morgan fingerprint density at radius 1 is 1.00 bits per heavy atom. The molecule has 0 rings (SSSR count). The van der Waals surface area contributed by atoms with Crippen molar-refractivity contribution >= 4 is 0 Å². The molecule has 0 aromatic heterocycles. The molecule has 0 bridgehead atoms. The zero-order chi connectivity index (χ0) is 11.7. The van der Waals surface area contributed by atoms with Crippen molar-refractivity contribution < 1.29 is 0 Å². The minimum Gasteiger partial charge on any atom is -0.309 e. The maximum atomic E-state index is 3.81. The number of rotatable bonds is 9. The molecular formula is C14H31N. The predicted octanol–water partition coefficient (Wildman–Crippen LogP) is 4.51. The lowest BCUT2D eigenvalue weighted by Crippen LogP contribution is -2.46. The minimum atomic E-state index is 0.376. The Bertz CT molecular complexity index is 134. The van der Waals surface area contributed by atoms with Crippen LogP contribution in [0.1, 0.15) is 79.6 Å². The molecule has 0 saturated heterocycles.